The molecule has 3 nitrogen and oxygen atoms in total. The van der Waals surface area contributed by atoms with Gasteiger partial charge in [-0.3, -0.25) is 0 Å². The summed E-state index contributed by atoms with van der Waals surface area (Å²) in [6.45, 7) is 0. The number of quaternary nitrogens is 1. The third kappa shape index (κ3) is 3.85. The molecular formula is C10H13ClF3NO2. The Labute approximate surface area is 102 Å². The van der Waals surface area contributed by atoms with Crippen molar-refractivity contribution in [2.75, 3.05) is 0 Å². The van der Waals surface area contributed by atoms with Gasteiger partial charge in [0.2, 0.25) is 0 Å². The molecule has 1 rings (SSSR count). The van der Waals surface area contributed by atoms with E-state index < -0.39 is 18.0 Å². The van der Waals surface area contributed by atoms with Crippen LogP contribution in [-0.2, 0) is 6.42 Å². The Balaban J connectivity index is 0.00000256. The molecule has 1 atom stereocenters. The molecule has 0 spiro atoms. The summed E-state index contributed by atoms with van der Waals surface area (Å²) in [4.78, 5) is 0. The van der Waals surface area contributed by atoms with Gasteiger partial charge in [-0.1, -0.05) is 30.3 Å². The first-order valence-corrected chi connectivity index (χ1v) is 4.63. The second-order valence-electron chi connectivity index (χ2n) is 3.61. The second-order valence-corrected chi connectivity index (χ2v) is 3.61. The van der Waals surface area contributed by atoms with Crippen LogP contribution in [0.1, 0.15) is 5.56 Å². The highest BCUT2D eigenvalue weighted by atomic mass is 35.5. The molecule has 0 saturated heterocycles. The normalized spacial score (nSPS) is 14.0. The Morgan fingerprint density at radius 2 is 1.59 bits per heavy atom. The maximum absolute atomic E-state index is 12.2. The van der Waals surface area contributed by atoms with E-state index in [1.165, 1.54) is 0 Å². The molecule has 0 aliphatic rings. The highest BCUT2D eigenvalue weighted by molar-refractivity contribution is 5.16. The number of alkyl halides is 3. The van der Waals surface area contributed by atoms with E-state index in [9.17, 15) is 13.2 Å². The van der Waals surface area contributed by atoms with E-state index in [1.807, 2.05) is 0 Å². The summed E-state index contributed by atoms with van der Waals surface area (Å²) in [5, 5.41) is 17.9. The summed E-state index contributed by atoms with van der Waals surface area (Å²) in [6.07, 6.45) is -5.26. The van der Waals surface area contributed by atoms with Crippen molar-refractivity contribution in [2.24, 2.45) is 0 Å². The maximum Gasteiger partial charge on any atom is 0.449 e. The molecule has 0 aliphatic heterocycles. The molecule has 98 valence electrons. The van der Waals surface area contributed by atoms with E-state index in [1.54, 1.807) is 30.3 Å². The summed E-state index contributed by atoms with van der Waals surface area (Å²) in [7, 11) is 0. The lowest BCUT2D eigenvalue weighted by Gasteiger charge is -2.27. The third-order valence-corrected chi connectivity index (χ3v) is 2.31. The molecule has 7 heteroatoms. The van der Waals surface area contributed by atoms with Gasteiger partial charge in [0.25, 0.3) is 0 Å². The van der Waals surface area contributed by atoms with Gasteiger partial charge in [-0.05, 0) is 5.56 Å². The van der Waals surface area contributed by atoms with Gasteiger partial charge in [0, 0.05) is 6.42 Å². The molecule has 0 heterocycles. The van der Waals surface area contributed by atoms with Gasteiger partial charge in [-0.15, -0.1) is 0 Å². The Hall–Kier alpha value is -0.820. The quantitative estimate of drug-likeness (QED) is 0.516. The second kappa shape index (κ2) is 5.68. The Kier molecular flexibility index (Phi) is 5.41. The fourth-order valence-corrected chi connectivity index (χ4v) is 1.27. The van der Waals surface area contributed by atoms with Gasteiger partial charge in [0.15, 0.2) is 6.04 Å². The lowest BCUT2D eigenvalue weighted by molar-refractivity contribution is -0.518. The Morgan fingerprint density at radius 3 is 2.00 bits per heavy atom. The van der Waals surface area contributed by atoms with Crippen LogP contribution in [0.3, 0.4) is 0 Å². The third-order valence-electron chi connectivity index (χ3n) is 2.31. The van der Waals surface area contributed by atoms with E-state index in [0.29, 0.717) is 5.56 Å². The standard InChI is InChI=1S/C10H12F3NO2.ClH/c11-10(12,13)9(15,16)8(14)6-7-4-2-1-3-5-7;/h1-5,8,15-16H,6,14H2;1H/t8-;/m0./s1. The Morgan fingerprint density at radius 1 is 1.12 bits per heavy atom. The van der Waals surface area contributed by atoms with Gasteiger partial charge in [0.1, 0.15) is 0 Å². The van der Waals surface area contributed by atoms with Crippen molar-refractivity contribution >= 4 is 0 Å². The van der Waals surface area contributed by atoms with Gasteiger partial charge in [-0.25, -0.2) is 0 Å². The molecule has 5 N–H and O–H groups in total. The fraction of sp³-hybridized carbons (Fsp3) is 0.400. The molecule has 0 unspecified atom stereocenters. The van der Waals surface area contributed by atoms with E-state index >= 15 is 0 Å². The summed E-state index contributed by atoms with van der Waals surface area (Å²) < 4.78 is 36.7. The van der Waals surface area contributed by atoms with Crippen LogP contribution in [0.25, 0.3) is 0 Å². The predicted molar refractivity (Wildman–Crippen MR) is 50.0 cm³/mol. The van der Waals surface area contributed by atoms with Gasteiger partial charge in [-0.2, -0.15) is 13.2 Å². The number of hydrogen-bond donors (Lipinski definition) is 3. The number of benzene rings is 1. The average molecular weight is 272 g/mol. The number of halogens is 4. The van der Waals surface area contributed by atoms with E-state index in [-0.39, 0.29) is 18.8 Å². The summed E-state index contributed by atoms with van der Waals surface area (Å²) >= 11 is 0. The van der Waals surface area contributed by atoms with Crippen molar-refractivity contribution in [3.05, 3.63) is 35.9 Å². The van der Waals surface area contributed by atoms with Gasteiger partial charge < -0.3 is 28.4 Å². The molecule has 0 bridgehead atoms. The minimum Gasteiger partial charge on any atom is -1.00 e. The zero-order valence-electron chi connectivity index (χ0n) is 8.78. The maximum atomic E-state index is 12.2. The predicted octanol–water partition coefficient (Wildman–Crippen LogP) is -2.91. The minimum absolute atomic E-state index is 0. The molecule has 0 aliphatic carbocycles. The van der Waals surface area contributed by atoms with Crippen LogP contribution in [0.15, 0.2) is 30.3 Å². The molecule has 1 aromatic rings. The first-order valence-electron chi connectivity index (χ1n) is 4.63. The lowest BCUT2D eigenvalue weighted by Crippen LogP contribution is -3.00. The number of hydrogen-bond acceptors (Lipinski definition) is 2. The molecule has 0 aromatic heterocycles. The van der Waals surface area contributed by atoms with Crippen LogP contribution in [0.2, 0.25) is 0 Å². The smallest absolute Gasteiger partial charge is 0.449 e. The van der Waals surface area contributed by atoms with E-state index in [0.717, 1.165) is 0 Å². The molecule has 0 fully saturated rings. The van der Waals surface area contributed by atoms with Crippen molar-refractivity contribution in [3.8, 4) is 0 Å². The zero-order valence-corrected chi connectivity index (χ0v) is 9.54. The van der Waals surface area contributed by atoms with E-state index in [2.05, 4.69) is 5.73 Å². The lowest BCUT2D eigenvalue weighted by atomic mass is 9.99. The van der Waals surface area contributed by atoms with Crippen LogP contribution < -0.4 is 18.1 Å². The number of rotatable bonds is 3. The van der Waals surface area contributed by atoms with Crippen LogP contribution >= 0.6 is 0 Å². The van der Waals surface area contributed by atoms with Crippen LogP contribution in [0.5, 0.6) is 0 Å². The van der Waals surface area contributed by atoms with Crippen LogP contribution in [-0.4, -0.2) is 28.2 Å². The van der Waals surface area contributed by atoms with Crippen molar-refractivity contribution in [1.82, 2.24) is 0 Å². The van der Waals surface area contributed by atoms with Crippen LogP contribution in [0, 0.1) is 0 Å². The largest absolute Gasteiger partial charge is 1.00 e. The topological polar surface area (TPSA) is 68.1 Å². The minimum atomic E-state index is -5.10. The van der Waals surface area contributed by atoms with Crippen molar-refractivity contribution in [2.45, 2.75) is 24.4 Å². The molecule has 0 saturated carbocycles. The van der Waals surface area contributed by atoms with Crippen molar-refractivity contribution in [3.63, 3.8) is 0 Å². The monoisotopic (exact) mass is 271 g/mol. The molecule has 0 radical (unpaired) electrons. The summed E-state index contributed by atoms with van der Waals surface area (Å²) in [5.41, 5.74) is 3.72. The highest BCUT2D eigenvalue weighted by Crippen LogP contribution is 2.30. The number of aliphatic hydroxyl groups is 2. The molecular weight excluding hydrogens is 259 g/mol. The van der Waals surface area contributed by atoms with Crippen molar-refractivity contribution < 1.29 is 41.5 Å². The first-order chi connectivity index (χ1) is 7.25. The van der Waals surface area contributed by atoms with Gasteiger partial charge >= 0.3 is 12.0 Å². The highest BCUT2D eigenvalue weighted by Gasteiger charge is 2.59. The molecule has 17 heavy (non-hydrogen) atoms. The summed E-state index contributed by atoms with van der Waals surface area (Å²) in [5.74, 6) is -3.76. The van der Waals surface area contributed by atoms with Crippen molar-refractivity contribution in [1.29, 1.82) is 0 Å². The Bertz CT molecular complexity index is 343. The molecule has 1 aromatic carbocycles. The first kappa shape index (κ1) is 16.2. The SMILES string of the molecule is [Cl-].[NH3+][C@@H](Cc1ccccc1)C(O)(O)C(F)(F)F. The van der Waals surface area contributed by atoms with E-state index in [4.69, 9.17) is 10.2 Å². The van der Waals surface area contributed by atoms with Crippen LogP contribution in [0.4, 0.5) is 13.2 Å². The molecule has 0 amide bonds. The van der Waals surface area contributed by atoms with Gasteiger partial charge in [0.05, 0.1) is 0 Å². The fourth-order valence-electron chi connectivity index (χ4n) is 1.27. The summed E-state index contributed by atoms with van der Waals surface area (Å²) in [6, 6.07) is 6.67. The zero-order chi connectivity index (χ0) is 12.4. The average Bonchev–Trinajstić information content (AvgIpc) is 2.17.